The Morgan fingerprint density at radius 1 is 0.597 bits per heavy atom. The van der Waals surface area contributed by atoms with E-state index in [2.05, 4.69) is 97.7 Å². The van der Waals surface area contributed by atoms with Crippen LogP contribution in [0, 0.1) is 0 Å². The topological polar surface area (TPSA) is 243 Å². The van der Waals surface area contributed by atoms with Gasteiger partial charge >= 0.3 is 48.6 Å². The first kappa shape index (κ1) is 64.0. The van der Waals surface area contributed by atoms with E-state index in [0.29, 0.717) is 12.6 Å². The summed E-state index contributed by atoms with van der Waals surface area (Å²) in [6, 6.07) is 25.8. The number of rotatable bonds is 17. The average molecular weight is 1060 g/mol. The summed E-state index contributed by atoms with van der Waals surface area (Å²) in [7, 11) is 0. The van der Waals surface area contributed by atoms with Crippen molar-refractivity contribution in [1.29, 1.82) is 0 Å². The van der Waals surface area contributed by atoms with Crippen LogP contribution in [0.3, 0.4) is 0 Å². The van der Waals surface area contributed by atoms with Crippen molar-refractivity contribution in [2.45, 2.75) is 75.3 Å². The molecule has 9 N–H and O–H groups in total. The average Bonchev–Trinajstić information content (AvgIpc) is 3.56. The Labute approximate surface area is 405 Å². The summed E-state index contributed by atoms with van der Waals surface area (Å²) in [5.74, 6) is -10.7. The number of carbonyl (C=O) groups is 5. The predicted molar refractivity (Wildman–Crippen MR) is 237 cm³/mol. The number of alkyl halides is 12. The van der Waals surface area contributed by atoms with Crippen LogP contribution in [0.5, 0.6) is 0 Å². The molecular formula is C44H57F12N7O9. The number of nitrogens with two attached hydrogens (primary N) is 2. The summed E-state index contributed by atoms with van der Waals surface area (Å²) in [5, 5.41) is 34.7. The lowest BCUT2D eigenvalue weighted by Gasteiger charge is -2.43. The summed E-state index contributed by atoms with van der Waals surface area (Å²) >= 11 is 0. The normalized spacial score (nSPS) is 14.8. The van der Waals surface area contributed by atoms with E-state index in [-0.39, 0.29) is 0 Å². The van der Waals surface area contributed by atoms with Gasteiger partial charge in [0.2, 0.25) is 5.91 Å². The maximum absolute atomic E-state index is 14.1. The van der Waals surface area contributed by atoms with Crippen LogP contribution in [0.25, 0.3) is 10.8 Å². The van der Waals surface area contributed by atoms with Gasteiger partial charge in [0.05, 0.1) is 6.67 Å². The van der Waals surface area contributed by atoms with Crippen LogP contribution in [0.1, 0.15) is 44.1 Å². The maximum Gasteiger partial charge on any atom is 0.490 e. The van der Waals surface area contributed by atoms with Gasteiger partial charge in [-0.05, 0) is 113 Å². The van der Waals surface area contributed by atoms with E-state index in [1.807, 2.05) is 0 Å². The number of likely N-dealkylation sites (tertiary alicyclic amines) is 1. The van der Waals surface area contributed by atoms with E-state index in [0.717, 1.165) is 116 Å². The molecule has 2 heterocycles. The Balaban J connectivity index is 0.000000750. The van der Waals surface area contributed by atoms with Crippen molar-refractivity contribution < 1.29 is 97.1 Å². The highest BCUT2D eigenvalue weighted by molar-refractivity contribution is 5.93. The first-order valence-corrected chi connectivity index (χ1v) is 21.8. The zero-order valence-corrected chi connectivity index (χ0v) is 38.5. The largest absolute Gasteiger partial charge is 0.490 e. The van der Waals surface area contributed by atoms with Crippen LogP contribution in [-0.2, 0) is 30.5 Å². The molecule has 0 bridgehead atoms. The van der Waals surface area contributed by atoms with Gasteiger partial charge in [0, 0.05) is 31.9 Å². The second-order valence-electron chi connectivity index (χ2n) is 15.7. The molecule has 28 heteroatoms. The smallest absolute Gasteiger partial charge is 0.475 e. The Kier molecular flexibility index (Phi) is 26.8. The number of anilines is 1. The minimum absolute atomic E-state index is 0.307. The van der Waals surface area contributed by atoms with Gasteiger partial charge in [-0.1, -0.05) is 60.7 Å². The zero-order chi connectivity index (χ0) is 54.9. The highest BCUT2D eigenvalue weighted by atomic mass is 19.4. The third kappa shape index (κ3) is 23.1. The number of amides is 1. The number of nitrogens with one attached hydrogen (secondary N) is 1. The van der Waals surface area contributed by atoms with E-state index in [1.54, 1.807) is 0 Å². The molecule has 0 atom stereocenters. The fourth-order valence-electron chi connectivity index (χ4n) is 7.04. The number of hydrogen-bond donors (Lipinski definition) is 7. The summed E-state index contributed by atoms with van der Waals surface area (Å²) in [5.41, 5.74) is 13.5. The van der Waals surface area contributed by atoms with Gasteiger partial charge < -0.3 is 51.9 Å². The molecule has 1 amide bonds. The molecule has 0 unspecified atom stereocenters. The summed E-state index contributed by atoms with van der Waals surface area (Å²) in [6.07, 6.45) is -14.5. The van der Waals surface area contributed by atoms with E-state index in [9.17, 15) is 57.5 Å². The molecule has 3 aromatic rings. The number of fused-ring (bicyclic) bond motifs is 1. The molecule has 16 nitrogen and oxygen atoms in total. The molecule has 0 saturated carbocycles. The minimum Gasteiger partial charge on any atom is -0.475 e. The highest BCUT2D eigenvalue weighted by Crippen LogP contribution is 2.40. The molecule has 5 rings (SSSR count). The van der Waals surface area contributed by atoms with Gasteiger partial charge in [0.15, 0.2) is 0 Å². The van der Waals surface area contributed by atoms with Crippen molar-refractivity contribution in [3.05, 3.63) is 78.4 Å². The SMILES string of the molecule is NCCCN(CCCN)CCCNCCCN1CN(c2ccccc2)C2(CCN(Cc3cccc4ccccc34)CC2)C1=O.O=C(O)C(F)(F)F.O=C(O)C(F)(F)F.O=C(O)C(F)(F)F.O=C(O)C(F)(F)F. The van der Waals surface area contributed by atoms with Crippen molar-refractivity contribution in [3.63, 3.8) is 0 Å². The molecule has 0 aliphatic carbocycles. The van der Waals surface area contributed by atoms with Gasteiger partial charge in [-0.25, -0.2) is 19.2 Å². The number of halogens is 12. The number of benzene rings is 3. The van der Waals surface area contributed by atoms with Gasteiger partial charge in [-0.3, -0.25) is 9.69 Å². The van der Waals surface area contributed by atoms with Crippen molar-refractivity contribution in [2.24, 2.45) is 11.5 Å². The second-order valence-corrected chi connectivity index (χ2v) is 15.7. The number of piperidine rings is 1. The molecule has 0 aromatic heterocycles. The van der Waals surface area contributed by atoms with Gasteiger partial charge in [-0.2, -0.15) is 52.7 Å². The third-order valence-corrected chi connectivity index (χ3v) is 10.5. The van der Waals surface area contributed by atoms with E-state index in [1.165, 1.54) is 16.3 Å². The summed E-state index contributed by atoms with van der Waals surface area (Å²) in [6.45, 7) is 10.8. The van der Waals surface area contributed by atoms with Gasteiger partial charge in [0.1, 0.15) is 5.54 Å². The highest BCUT2D eigenvalue weighted by Gasteiger charge is 2.53. The second kappa shape index (κ2) is 30.2. The van der Waals surface area contributed by atoms with Crippen molar-refractivity contribution in [3.8, 4) is 0 Å². The fourth-order valence-corrected chi connectivity index (χ4v) is 7.04. The summed E-state index contributed by atoms with van der Waals surface area (Å²) in [4.78, 5) is 59.2. The lowest BCUT2D eigenvalue weighted by Crippen LogP contribution is -2.56. The number of carboxylic acid groups (broad SMARTS) is 4. The lowest BCUT2D eigenvalue weighted by atomic mass is 9.85. The van der Waals surface area contributed by atoms with Crippen LogP contribution >= 0.6 is 0 Å². The van der Waals surface area contributed by atoms with Gasteiger partial charge in [-0.15, -0.1) is 0 Å². The Bertz CT molecular complexity index is 2010. The molecule has 2 saturated heterocycles. The minimum atomic E-state index is -5.08. The maximum atomic E-state index is 14.1. The molecule has 72 heavy (non-hydrogen) atoms. The molecular weight excluding hydrogens is 999 g/mol. The van der Waals surface area contributed by atoms with Crippen LogP contribution in [0.15, 0.2) is 72.8 Å². The number of carboxylic acids is 4. The van der Waals surface area contributed by atoms with Crippen LogP contribution in [-0.4, -0.2) is 167 Å². The standard InChI is InChI=1S/C36H53N7O.4C2HF3O2/c37-19-7-23-40(24-8-20-38)25-9-21-39-22-10-26-42-30-43(33-14-2-1-3-15-33)36(35(42)44)17-27-41(28-18-36)29-32-13-6-12-31-11-4-5-16-34(31)32;4*3-2(4,5)1(6)7/h1-6,11-16,39H,7-10,17-30,37-38H2;4*(H,6,7). The first-order chi connectivity index (χ1) is 33.4. The molecule has 406 valence electrons. The zero-order valence-electron chi connectivity index (χ0n) is 38.5. The number of nitrogens with zero attached hydrogens (tertiary/aromatic N) is 4. The Morgan fingerprint density at radius 3 is 1.47 bits per heavy atom. The molecule has 2 aliphatic heterocycles. The fraction of sp³-hybridized carbons (Fsp3) is 0.523. The Hall–Kier alpha value is -5.97. The van der Waals surface area contributed by atoms with Crippen LogP contribution < -0.4 is 21.7 Å². The number of hydrogen-bond acceptors (Lipinski definition) is 11. The van der Waals surface area contributed by atoms with Crippen LogP contribution in [0.2, 0.25) is 0 Å². The number of carbonyl (C=O) groups excluding carboxylic acids is 1. The number of aliphatic carboxylic acids is 4. The lowest BCUT2D eigenvalue weighted by molar-refractivity contribution is -0.193. The van der Waals surface area contributed by atoms with Gasteiger partial charge in [0.25, 0.3) is 0 Å². The monoisotopic (exact) mass is 1060 g/mol. The van der Waals surface area contributed by atoms with Crippen molar-refractivity contribution >= 4 is 46.2 Å². The molecule has 2 fully saturated rings. The molecule has 3 aromatic carbocycles. The van der Waals surface area contributed by atoms with Crippen molar-refractivity contribution in [1.82, 2.24) is 20.0 Å². The quantitative estimate of drug-likeness (QED) is 0.0573. The van der Waals surface area contributed by atoms with E-state index in [4.69, 9.17) is 51.1 Å². The Morgan fingerprint density at radius 2 is 1.01 bits per heavy atom. The first-order valence-electron chi connectivity index (χ1n) is 21.8. The molecule has 2 aliphatic rings. The summed E-state index contributed by atoms with van der Waals surface area (Å²) < 4.78 is 127. The predicted octanol–water partition coefficient (Wildman–Crippen LogP) is 6.38. The molecule has 0 radical (unpaired) electrons. The van der Waals surface area contributed by atoms with Crippen molar-refractivity contribution in [2.75, 3.05) is 77.0 Å². The number of para-hydroxylation sites is 1. The van der Waals surface area contributed by atoms with E-state index >= 15 is 0 Å². The third-order valence-electron chi connectivity index (χ3n) is 10.5. The van der Waals surface area contributed by atoms with Crippen LogP contribution in [0.4, 0.5) is 58.4 Å². The molecule has 1 spiro atoms. The van der Waals surface area contributed by atoms with E-state index < -0.39 is 54.1 Å².